The van der Waals surface area contributed by atoms with Crippen molar-refractivity contribution >= 4 is 12.0 Å². The van der Waals surface area contributed by atoms with E-state index in [4.69, 9.17) is 5.11 Å². The van der Waals surface area contributed by atoms with Gasteiger partial charge in [-0.25, -0.2) is 9.59 Å². The summed E-state index contributed by atoms with van der Waals surface area (Å²) in [5, 5.41) is 11.5. The molecule has 0 aromatic heterocycles. The molecule has 1 rings (SSSR count). The van der Waals surface area contributed by atoms with Crippen LogP contribution in [-0.2, 0) is 4.79 Å². The van der Waals surface area contributed by atoms with Gasteiger partial charge in [-0.15, -0.1) is 0 Å². The van der Waals surface area contributed by atoms with Crippen LogP contribution >= 0.6 is 0 Å². The molecule has 0 heterocycles. The summed E-state index contributed by atoms with van der Waals surface area (Å²) in [6.45, 7) is 7.58. The molecule has 0 radical (unpaired) electrons. The lowest BCUT2D eigenvalue weighted by atomic mass is 10.1. The molecular weight excluding hydrogens is 220 g/mol. The van der Waals surface area contributed by atoms with Crippen LogP contribution in [0.2, 0.25) is 0 Å². The minimum atomic E-state index is -1.23. The van der Waals surface area contributed by atoms with Crippen LogP contribution in [0, 0.1) is 5.92 Å². The van der Waals surface area contributed by atoms with E-state index in [2.05, 4.69) is 5.32 Å². The van der Waals surface area contributed by atoms with Gasteiger partial charge in [-0.2, -0.15) is 0 Å². The Morgan fingerprint density at radius 3 is 2.29 bits per heavy atom. The summed E-state index contributed by atoms with van der Waals surface area (Å²) in [5.74, 6) is -0.433. The van der Waals surface area contributed by atoms with Crippen molar-refractivity contribution in [2.75, 3.05) is 6.54 Å². The third kappa shape index (κ3) is 3.91. The van der Waals surface area contributed by atoms with Crippen molar-refractivity contribution in [3.8, 4) is 0 Å². The Morgan fingerprint density at radius 2 is 1.94 bits per heavy atom. The lowest BCUT2D eigenvalue weighted by Gasteiger charge is -2.31. The first-order chi connectivity index (χ1) is 7.74. The fourth-order valence-electron chi connectivity index (χ4n) is 1.50. The molecule has 0 spiro atoms. The predicted molar refractivity (Wildman–Crippen MR) is 64.8 cm³/mol. The number of nitrogens with one attached hydrogen (secondary N) is 1. The van der Waals surface area contributed by atoms with Crippen LogP contribution in [0.3, 0.4) is 0 Å². The van der Waals surface area contributed by atoms with Crippen LogP contribution in [0.4, 0.5) is 4.79 Å². The van der Waals surface area contributed by atoms with Gasteiger partial charge in [0.2, 0.25) is 0 Å². The number of carboxylic acids is 1. The molecular formula is C12H22N2O3. The Labute approximate surface area is 102 Å². The van der Waals surface area contributed by atoms with Gasteiger partial charge >= 0.3 is 12.0 Å². The standard InChI is InChI=1S/C12H22N2O3/c1-8(2)14(7-9-5-6-9)11(17)13-12(3,4)10(15)16/h8-9H,5-7H2,1-4H3,(H,13,17)(H,15,16). The number of carbonyl (C=O) groups excluding carboxylic acids is 1. The number of hydrogen-bond acceptors (Lipinski definition) is 2. The van der Waals surface area contributed by atoms with Gasteiger partial charge in [-0.05, 0) is 46.5 Å². The molecule has 1 saturated carbocycles. The molecule has 1 fully saturated rings. The lowest BCUT2D eigenvalue weighted by molar-refractivity contribution is -0.143. The van der Waals surface area contributed by atoms with Crippen molar-refractivity contribution in [3.05, 3.63) is 0 Å². The first-order valence-electron chi connectivity index (χ1n) is 6.06. The summed E-state index contributed by atoms with van der Waals surface area (Å²) in [7, 11) is 0. The van der Waals surface area contributed by atoms with Crippen molar-refractivity contribution in [1.29, 1.82) is 0 Å². The number of carboxylic acid groups (broad SMARTS) is 1. The average molecular weight is 242 g/mol. The van der Waals surface area contributed by atoms with Gasteiger partial charge in [0.15, 0.2) is 0 Å². The maximum absolute atomic E-state index is 12.0. The third-order valence-electron chi connectivity index (χ3n) is 2.99. The maximum Gasteiger partial charge on any atom is 0.328 e. The molecule has 2 N–H and O–H groups in total. The zero-order valence-corrected chi connectivity index (χ0v) is 11.0. The van der Waals surface area contributed by atoms with Crippen molar-refractivity contribution in [2.45, 2.75) is 52.1 Å². The van der Waals surface area contributed by atoms with E-state index in [1.165, 1.54) is 26.7 Å². The molecule has 5 nitrogen and oxygen atoms in total. The summed E-state index contributed by atoms with van der Waals surface area (Å²) in [4.78, 5) is 24.7. The normalized spacial score (nSPS) is 15.8. The van der Waals surface area contributed by atoms with E-state index >= 15 is 0 Å². The van der Waals surface area contributed by atoms with Crippen LogP contribution in [0.25, 0.3) is 0 Å². The molecule has 2 amide bonds. The predicted octanol–water partition coefficient (Wildman–Crippen LogP) is 1.68. The summed E-state index contributed by atoms with van der Waals surface area (Å²) in [6.07, 6.45) is 2.33. The van der Waals surface area contributed by atoms with E-state index in [1.54, 1.807) is 4.90 Å². The van der Waals surface area contributed by atoms with Crippen LogP contribution < -0.4 is 5.32 Å². The quantitative estimate of drug-likeness (QED) is 0.770. The Morgan fingerprint density at radius 1 is 1.41 bits per heavy atom. The second kappa shape index (κ2) is 4.94. The second-order valence-corrected chi connectivity index (χ2v) is 5.55. The fraction of sp³-hybridized carbons (Fsp3) is 0.833. The Kier molecular flexibility index (Phi) is 4.01. The summed E-state index contributed by atoms with van der Waals surface area (Å²) >= 11 is 0. The maximum atomic E-state index is 12.0. The van der Waals surface area contributed by atoms with Crippen LogP contribution in [0.5, 0.6) is 0 Å². The summed E-state index contributed by atoms with van der Waals surface area (Å²) in [6, 6.07) is -0.209. The molecule has 0 aromatic carbocycles. The Hall–Kier alpha value is -1.26. The topological polar surface area (TPSA) is 69.6 Å². The minimum Gasteiger partial charge on any atom is -0.480 e. The molecule has 0 unspecified atom stereocenters. The zero-order valence-electron chi connectivity index (χ0n) is 11.0. The first kappa shape index (κ1) is 13.8. The van der Waals surface area contributed by atoms with Gasteiger partial charge in [-0.3, -0.25) is 0 Å². The van der Waals surface area contributed by atoms with E-state index in [-0.39, 0.29) is 12.1 Å². The summed E-state index contributed by atoms with van der Waals surface area (Å²) < 4.78 is 0. The van der Waals surface area contributed by atoms with Crippen molar-refractivity contribution in [1.82, 2.24) is 10.2 Å². The first-order valence-corrected chi connectivity index (χ1v) is 6.06. The molecule has 5 heteroatoms. The summed E-state index contributed by atoms with van der Waals surface area (Å²) in [5.41, 5.74) is -1.23. The van der Waals surface area contributed by atoms with E-state index in [0.29, 0.717) is 5.92 Å². The van der Waals surface area contributed by atoms with Crippen molar-refractivity contribution in [2.24, 2.45) is 5.92 Å². The van der Waals surface area contributed by atoms with Gasteiger partial charge in [0.05, 0.1) is 0 Å². The van der Waals surface area contributed by atoms with Crippen molar-refractivity contribution < 1.29 is 14.7 Å². The fourth-order valence-corrected chi connectivity index (χ4v) is 1.50. The van der Waals surface area contributed by atoms with E-state index in [9.17, 15) is 9.59 Å². The molecule has 1 aliphatic rings. The number of urea groups is 1. The third-order valence-corrected chi connectivity index (χ3v) is 2.99. The highest BCUT2D eigenvalue weighted by molar-refractivity contribution is 5.85. The Bertz CT molecular complexity index is 309. The van der Waals surface area contributed by atoms with Crippen molar-refractivity contribution in [3.63, 3.8) is 0 Å². The molecule has 98 valence electrons. The largest absolute Gasteiger partial charge is 0.480 e. The Balaban J connectivity index is 2.61. The minimum absolute atomic E-state index is 0.0835. The van der Waals surface area contributed by atoms with E-state index in [1.807, 2.05) is 13.8 Å². The smallest absolute Gasteiger partial charge is 0.328 e. The van der Waals surface area contributed by atoms with Gasteiger partial charge in [0, 0.05) is 12.6 Å². The molecule has 0 aliphatic heterocycles. The van der Waals surface area contributed by atoms with Gasteiger partial charge in [0.25, 0.3) is 0 Å². The molecule has 0 aromatic rings. The SMILES string of the molecule is CC(C)N(CC1CC1)C(=O)NC(C)(C)C(=O)O. The van der Waals surface area contributed by atoms with Crippen LogP contribution in [-0.4, -0.2) is 40.1 Å². The van der Waals surface area contributed by atoms with Crippen LogP contribution in [0.15, 0.2) is 0 Å². The number of amides is 2. The van der Waals surface area contributed by atoms with Gasteiger partial charge < -0.3 is 15.3 Å². The monoisotopic (exact) mass is 242 g/mol. The molecule has 0 saturated heterocycles. The zero-order chi connectivity index (χ0) is 13.2. The van der Waals surface area contributed by atoms with Crippen LogP contribution in [0.1, 0.15) is 40.5 Å². The number of aliphatic carboxylic acids is 1. The van der Waals surface area contributed by atoms with E-state index < -0.39 is 11.5 Å². The van der Waals surface area contributed by atoms with Gasteiger partial charge in [0.1, 0.15) is 5.54 Å². The highest BCUT2D eigenvalue weighted by Crippen LogP contribution is 2.30. The highest BCUT2D eigenvalue weighted by Gasteiger charge is 2.33. The molecule has 0 atom stereocenters. The number of rotatable bonds is 5. The second-order valence-electron chi connectivity index (χ2n) is 5.55. The number of carbonyl (C=O) groups is 2. The molecule has 1 aliphatic carbocycles. The number of nitrogens with zero attached hydrogens (tertiary/aromatic N) is 1. The average Bonchev–Trinajstić information content (AvgIpc) is 2.95. The molecule has 17 heavy (non-hydrogen) atoms. The lowest BCUT2D eigenvalue weighted by Crippen LogP contribution is -2.55. The molecule has 0 bridgehead atoms. The highest BCUT2D eigenvalue weighted by atomic mass is 16.4. The van der Waals surface area contributed by atoms with Gasteiger partial charge in [-0.1, -0.05) is 0 Å². The van der Waals surface area contributed by atoms with E-state index in [0.717, 1.165) is 6.54 Å². The number of hydrogen-bond donors (Lipinski definition) is 2.